The van der Waals surface area contributed by atoms with Crippen LogP contribution in [0.15, 0.2) is 24.3 Å². The van der Waals surface area contributed by atoms with Crippen molar-refractivity contribution in [2.75, 3.05) is 19.4 Å². The van der Waals surface area contributed by atoms with Gasteiger partial charge < -0.3 is 10.6 Å². The second-order valence-corrected chi connectivity index (χ2v) is 2.90. The second kappa shape index (κ2) is 5.56. The van der Waals surface area contributed by atoms with Gasteiger partial charge in [0.05, 0.1) is 6.61 Å². The maximum atomic E-state index is 5.57. The van der Waals surface area contributed by atoms with Gasteiger partial charge in [0.1, 0.15) is 0 Å². The molecule has 0 amide bonds. The summed E-state index contributed by atoms with van der Waals surface area (Å²) < 4.78 is 0. The van der Waals surface area contributed by atoms with Gasteiger partial charge in [-0.15, -0.1) is 0 Å². The Bertz CT molecular complexity index is 233. The molecule has 0 spiro atoms. The molecule has 1 aromatic rings. The van der Waals surface area contributed by atoms with Gasteiger partial charge in [-0.3, -0.25) is 0 Å². The minimum Gasteiger partial charge on any atom is -0.399 e. The molecule has 3 N–H and O–H groups in total. The number of nitrogens with one attached hydrogen (secondary N) is 1. The van der Waals surface area contributed by atoms with Crippen LogP contribution in [0.5, 0.6) is 0 Å². The van der Waals surface area contributed by atoms with Gasteiger partial charge in [0.25, 0.3) is 0 Å². The summed E-state index contributed by atoms with van der Waals surface area (Å²) in [6.07, 6.45) is 2.05. The monoisotopic (exact) mass is 180 g/mol. The number of benzene rings is 1. The van der Waals surface area contributed by atoms with Crippen molar-refractivity contribution in [2.45, 2.75) is 12.8 Å². The Morgan fingerprint density at radius 1 is 1.31 bits per heavy atom. The molecule has 0 fully saturated rings. The number of hydrogen-bond acceptors (Lipinski definition) is 3. The Morgan fingerprint density at radius 2 is 2.00 bits per heavy atom. The molecule has 0 bridgehead atoms. The third-order valence-corrected chi connectivity index (χ3v) is 1.84. The maximum Gasteiger partial charge on any atom is 0.0685 e. The molecule has 0 aromatic heterocycles. The fourth-order valence-electron chi connectivity index (χ4n) is 1.13. The SMILES string of the molecule is CNOCCCc1ccc(N)cc1. The van der Waals surface area contributed by atoms with Crippen LogP contribution < -0.4 is 11.2 Å². The van der Waals surface area contributed by atoms with E-state index in [0.29, 0.717) is 0 Å². The Morgan fingerprint density at radius 3 is 2.62 bits per heavy atom. The lowest BCUT2D eigenvalue weighted by Gasteiger charge is -2.02. The molecule has 0 unspecified atom stereocenters. The van der Waals surface area contributed by atoms with E-state index in [1.165, 1.54) is 5.56 Å². The van der Waals surface area contributed by atoms with Crippen LogP contribution in [0, 0.1) is 0 Å². The van der Waals surface area contributed by atoms with Crippen LogP contribution in [0.4, 0.5) is 5.69 Å². The zero-order chi connectivity index (χ0) is 9.52. The van der Waals surface area contributed by atoms with Crippen LogP contribution in [-0.4, -0.2) is 13.7 Å². The first-order valence-electron chi connectivity index (χ1n) is 4.46. The molecular formula is C10H16N2O. The summed E-state index contributed by atoms with van der Waals surface area (Å²) in [4.78, 5) is 5.00. The van der Waals surface area contributed by atoms with E-state index in [9.17, 15) is 0 Å². The van der Waals surface area contributed by atoms with Crippen LogP contribution >= 0.6 is 0 Å². The minimum absolute atomic E-state index is 0.737. The second-order valence-electron chi connectivity index (χ2n) is 2.90. The van der Waals surface area contributed by atoms with Crippen LogP contribution in [0.25, 0.3) is 0 Å². The topological polar surface area (TPSA) is 47.3 Å². The maximum absolute atomic E-state index is 5.57. The number of nitrogen functional groups attached to an aromatic ring is 1. The molecule has 0 heterocycles. The van der Waals surface area contributed by atoms with Crippen LogP contribution in [0.2, 0.25) is 0 Å². The standard InChI is InChI=1S/C10H16N2O/c1-12-13-8-2-3-9-4-6-10(11)7-5-9/h4-7,12H,2-3,8,11H2,1H3. The largest absolute Gasteiger partial charge is 0.399 e. The zero-order valence-corrected chi connectivity index (χ0v) is 7.92. The van der Waals surface area contributed by atoms with Crippen molar-refractivity contribution >= 4 is 5.69 Å². The molecule has 72 valence electrons. The predicted octanol–water partition coefficient (Wildman–Crippen LogP) is 1.35. The van der Waals surface area contributed by atoms with E-state index in [0.717, 1.165) is 25.1 Å². The smallest absolute Gasteiger partial charge is 0.0685 e. The van der Waals surface area contributed by atoms with Gasteiger partial charge >= 0.3 is 0 Å². The first kappa shape index (κ1) is 10.0. The van der Waals surface area contributed by atoms with Gasteiger partial charge in [-0.05, 0) is 30.5 Å². The van der Waals surface area contributed by atoms with Crippen LogP contribution in [-0.2, 0) is 11.3 Å². The fraction of sp³-hybridized carbons (Fsp3) is 0.400. The zero-order valence-electron chi connectivity index (χ0n) is 7.92. The van der Waals surface area contributed by atoms with E-state index in [1.54, 1.807) is 7.05 Å². The van der Waals surface area contributed by atoms with E-state index in [-0.39, 0.29) is 0 Å². The van der Waals surface area contributed by atoms with Crippen molar-refractivity contribution < 1.29 is 4.84 Å². The van der Waals surface area contributed by atoms with E-state index in [2.05, 4.69) is 17.6 Å². The lowest BCUT2D eigenvalue weighted by molar-refractivity contribution is 0.0564. The molecule has 13 heavy (non-hydrogen) atoms. The van der Waals surface area contributed by atoms with Gasteiger partial charge in [0.2, 0.25) is 0 Å². The van der Waals surface area contributed by atoms with Crippen LogP contribution in [0.3, 0.4) is 0 Å². The molecule has 0 saturated heterocycles. The van der Waals surface area contributed by atoms with E-state index in [4.69, 9.17) is 10.6 Å². The third-order valence-electron chi connectivity index (χ3n) is 1.84. The summed E-state index contributed by atoms with van der Waals surface area (Å²) in [5.41, 5.74) is 10.3. The first-order valence-corrected chi connectivity index (χ1v) is 4.46. The van der Waals surface area contributed by atoms with E-state index < -0.39 is 0 Å². The predicted molar refractivity (Wildman–Crippen MR) is 54.2 cm³/mol. The highest BCUT2D eigenvalue weighted by atomic mass is 16.6. The molecule has 0 aliphatic heterocycles. The molecule has 0 atom stereocenters. The molecule has 0 radical (unpaired) electrons. The van der Waals surface area contributed by atoms with E-state index >= 15 is 0 Å². The Balaban J connectivity index is 2.25. The summed E-state index contributed by atoms with van der Waals surface area (Å²) in [6, 6.07) is 7.95. The molecule has 0 aliphatic rings. The summed E-state index contributed by atoms with van der Waals surface area (Å²) in [5, 5.41) is 0. The van der Waals surface area contributed by atoms with Crippen LogP contribution in [0.1, 0.15) is 12.0 Å². The van der Waals surface area contributed by atoms with Crippen molar-refractivity contribution in [1.29, 1.82) is 0 Å². The first-order chi connectivity index (χ1) is 6.33. The van der Waals surface area contributed by atoms with Gasteiger partial charge in [-0.2, -0.15) is 0 Å². The Labute approximate surface area is 78.8 Å². The lowest BCUT2D eigenvalue weighted by Crippen LogP contribution is -2.08. The number of hydrogen-bond donors (Lipinski definition) is 2. The summed E-state index contributed by atoms with van der Waals surface area (Å²) >= 11 is 0. The highest BCUT2D eigenvalue weighted by Gasteiger charge is 1.92. The van der Waals surface area contributed by atoms with Gasteiger partial charge in [-0.25, -0.2) is 5.48 Å². The highest BCUT2D eigenvalue weighted by Crippen LogP contribution is 2.07. The number of hydroxylamine groups is 1. The van der Waals surface area contributed by atoms with Crippen molar-refractivity contribution in [3.63, 3.8) is 0 Å². The van der Waals surface area contributed by atoms with Crippen molar-refractivity contribution in [3.8, 4) is 0 Å². The molecule has 1 rings (SSSR count). The molecule has 1 aromatic carbocycles. The average molecular weight is 180 g/mol. The molecular weight excluding hydrogens is 164 g/mol. The number of anilines is 1. The molecule has 3 heteroatoms. The quantitative estimate of drug-likeness (QED) is 0.408. The summed E-state index contributed by atoms with van der Waals surface area (Å²) in [7, 11) is 1.77. The fourth-order valence-corrected chi connectivity index (χ4v) is 1.13. The lowest BCUT2D eigenvalue weighted by atomic mass is 10.1. The Hall–Kier alpha value is -1.06. The van der Waals surface area contributed by atoms with Crippen molar-refractivity contribution in [1.82, 2.24) is 5.48 Å². The van der Waals surface area contributed by atoms with Gasteiger partial charge in [0, 0.05) is 12.7 Å². The number of nitrogens with two attached hydrogens (primary N) is 1. The summed E-state index contributed by atoms with van der Waals surface area (Å²) in [6.45, 7) is 0.737. The number of rotatable bonds is 5. The molecule has 3 nitrogen and oxygen atoms in total. The van der Waals surface area contributed by atoms with Gasteiger partial charge in [0.15, 0.2) is 0 Å². The molecule has 0 saturated carbocycles. The normalized spacial score (nSPS) is 10.2. The minimum atomic E-state index is 0.737. The molecule has 0 aliphatic carbocycles. The van der Waals surface area contributed by atoms with Crippen molar-refractivity contribution in [2.24, 2.45) is 0 Å². The average Bonchev–Trinajstić information content (AvgIpc) is 2.15. The van der Waals surface area contributed by atoms with E-state index in [1.807, 2.05) is 12.1 Å². The van der Waals surface area contributed by atoms with Crippen molar-refractivity contribution in [3.05, 3.63) is 29.8 Å². The third kappa shape index (κ3) is 3.92. The highest BCUT2D eigenvalue weighted by molar-refractivity contribution is 5.39. The number of aryl methyl sites for hydroxylation is 1. The summed E-state index contributed by atoms with van der Waals surface area (Å²) in [5.74, 6) is 0. The Kier molecular flexibility index (Phi) is 4.29. The van der Waals surface area contributed by atoms with Gasteiger partial charge in [-0.1, -0.05) is 12.1 Å².